The fraction of sp³-hybridized carbons (Fsp3) is 0.182. The minimum Gasteiger partial charge on any atom is -0.192 e. The SMILES string of the molecule is C#CCSCc1ccccc1C#N. The lowest BCUT2D eigenvalue weighted by Crippen LogP contribution is -1.86. The van der Waals surface area contributed by atoms with Gasteiger partial charge in [-0.15, -0.1) is 18.2 Å². The van der Waals surface area contributed by atoms with Gasteiger partial charge in [0.2, 0.25) is 0 Å². The molecule has 0 aliphatic rings. The summed E-state index contributed by atoms with van der Waals surface area (Å²) in [7, 11) is 0. The van der Waals surface area contributed by atoms with Crippen LogP contribution in [0, 0.1) is 23.7 Å². The van der Waals surface area contributed by atoms with Gasteiger partial charge >= 0.3 is 0 Å². The van der Waals surface area contributed by atoms with Crippen LogP contribution in [-0.4, -0.2) is 5.75 Å². The maximum Gasteiger partial charge on any atom is 0.0994 e. The maximum atomic E-state index is 8.78. The highest BCUT2D eigenvalue weighted by Gasteiger charge is 1.98. The van der Waals surface area contributed by atoms with Crippen LogP contribution >= 0.6 is 11.8 Å². The Morgan fingerprint density at radius 1 is 1.38 bits per heavy atom. The van der Waals surface area contributed by atoms with E-state index in [9.17, 15) is 0 Å². The van der Waals surface area contributed by atoms with Gasteiger partial charge in [0.15, 0.2) is 0 Å². The Kier molecular flexibility index (Phi) is 3.96. The second-order valence-electron chi connectivity index (χ2n) is 2.47. The summed E-state index contributed by atoms with van der Waals surface area (Å²) in [5.41, 5.74) is 1.80. The minimum absolute atomic E-state index is 0.694. The zero-order valence-corrected chi connectivity index (χ0v) is 7.97. The third kappa shape index (κ3) is 2.86. The molecule has 2 heteroatoms. The molecule has 0 atom stereocenters. The molecule has 1 aromatic rings. The topological polar surface area (TPSA) is 23.8 Å². The Labute approximate surface area is 82.8 Å². The van der Waals surface area contributed by atoms with Crippen molar-refractivity contribution in [1.82, 2.24) is 0 Å². The van der Waals surface area contributed by atoms with Crippen LogP contribution < -0.4 is 0 Å². The summed E-state index contributed by atoms with van der Waals surface area (Å²) in [4.78, 5) is 0. The maximum absolute atomic E-state index is 8.78. The van der Waals surface area contributed by atoms with Crippen LogP contribution in [0.5, 0.6) is 0 Å². The molecule has 0 spiro atoms. The molecular formula is C11H9NS. The van der Waals surface area contributed by atoms with Crippen molar-refractivity contribution in [2.24, 2.45) is 0 Å². The molecule has 0 fully saturated rings. The fourth-order valence-corrected chi connectivity index (χ4v) is 1.67. The van der Waals surface area contributed by atoms with E-state index in [-0.39, 0.29) is 0 Å². The van der Waals surface area contributed by atoms with E-state index in [1.807, 2.05) is 24.3 Å². The zero-order chi connectivity index (χ0) is 9.52. The number of hydrogen-bond donors (Lipinski definition) is 0. The summed E-state index contributed by atoms with van der Waals surface area (Å²) in [5, 5.41) is 8.78. The lowest BCUT2D eigenvalue weighted by atomic mass is 10.1. The van der Waals surface area contributed by atoms with E-state index < -0.39 is 0 Å². The average Bonchev–Trinajstić information content (AvgIpc) is 2.19. The van der Waals surface area contributed by atoms with Crippen LogP contribution in [0.1, 0.15) is 11.1 Å². The van der Waals surface area contributed by atoms with E-state index >= 15 is 0 Å². The predicted octanol–water partition coefficient (Wildman–Crippen LogP) is 2.42. The Bertz CT molecular complexity index is 357. The highest BCUT2D eigenvalue weighted by atomic mass is 32.2. The standard InChI is InChI=1S/C11H9NS/c1-2-7-13-9-11-6-4-3-5-10(11)8-12/h1,3-6H,7,9H2. The van der Waals surface area contributed by atoms with Crippen molar-refractivity contribution in [3.05, 3.63) is 35.4 Å². The average molecular weight is 187 g/mol. The van der Waals surface area contributed by atoms with Gasteiger partial charge in [-0.1, -0.05) is 24.1 Å². The molecule has 1 rings (SSSR count). The largest absolute Gasteiger partial charge is 0.192 e. The Morgan fingerprint density at radius 3 is 2.85 bits per heavy atom. The molecule has 1 aromatic carbocycles. The van der Waals surface area contributed by atoms with Crippen molar-refractivity contribution < 1.29 is 0 Å². The van der Waals surface area contributed by atoms with Crippen LogP contribution in [0.15, 0.2) is 24.3 Å². The number of terminal acetylenes is 1. The van der Waals surface area contributed by atoms with Crippen LogP contribution in [0.4, 0.5) is 0 Å². The molecule has 0 N–H and O–H groups in total. The van der Waals surface area contributed by atoms with E-state index in [0.717, 1.165) is 16.9 Å². The lowest BCUT2D eigenvalue weighted by Gasteiger charge is -2.00. The minimum atomic E-state index is 0.694. The van der Waals surface area contributed by atoms with Crippen LogP contribution in [0.2, 0.25) is 0 Å². The molecule has 0 aliphatic heterocycles. The summed E-state index contributed by atoms with van der Waals surface area (Å²) < 4.78 is 0. The van der Waals surface area contributed by atoms with Crippen molar-refractivity contribution in [1.29, 1.82) is 5.26 Å². The first-order chi connectivity index (χ1) is 6.38. The quantitative estimate of drug-likeness (QED) is 0.536. The summed E-state index contributed by atoms with van der Waals surface area (Å²) in [5.74, 6) is 4.06. The molecule has 0 saturated heterocycles. The molecular weight excluding hydrogens is 178 g/mol. The summed E-state index contributed by atoms with van der Waals surface area (Å²) in [6.45, 7) is 0. The molecule has 0 aliphatic carbocycles. The van der Waals surface area contributed by atoms with E-state index in [1.165, 1.54) is 0 Å². The first-order valence-corrected chi connectivity index (χ1v) is 5.03. The van der Waals surface area contributed by atoms with Gasteiger partial charge in [0.25, 0.3) is 0 Å². The highest BCUT2D eigenvalue weighted by Crippen LogP contribution is 2.15. The molecule has 0 unspecified atom stereocenters. The van der Waals surface area contributed by atoms with Gasteiger partial charge in [0.05, 0.1) is 17.4 Å². The Morgan fingerprint density at radius 2 is 2.15 bits per heavy atom. The summed E-state index contributed by atoms with van der Waals surface area (Å²) in [6, 6.07) is 9.75. The van der Waals surface area contributed by atoms with Crippen molar-refractivity contribution >= 4 is 11.8 Å². The second kappa shape index (κ2) is 5.30. The van der Waals surface area contributed by atoms with Crippen LogP contribution in [-0.2, 0) is 5.75 Å². The van der Waals surface area contributed by atoms with Gasteiger partial charge < -0.3 is 0 Å². The van der Waals surface area contributed by atoms with E-state index in [0.29, 0.717) is 5.75 Å². The molecule has 0 bridgehead atoms. The monoisotopic (exact) mass is 187 g/mol. The van der Waals surface area contributed by atoms with Crippen molar-refractivity contribution in [3.8, 4) is 18.4 Å². The van der Waals surface area contributed by atoms with Crippen molar-refractivity contribution in [3.63, 3.8) is 0 Å². The summed E-state index contributed by atoms with van der Waals surface area (Å²) in [6.07, 6.45) is 5.13. The molecule has 13 heavy (non-hydrogen) atoms. The van der Waals surface area contributed by atoms with Gasteiger partial charge in [0.1, 0.15) is 0 Å². The van der Waals surface area contributed by atoms with E-state index in [1.54, 1.807) is 11.8 Å². The second-order valence-corrected chi connectivity index (χ2v) is 3.45. The predicted molar refractivity (Wildman–Crippen MR) is 56.2 cm³/mol. The molecule has 64 valence electrons. The third-order valence-electron chi connectivity index (χ3n) is 1.58. The van der Waals surface area contributed by atoms with Gasteiger partial charge in [-0.3, -0.25) is 0 Å². The van der Waals surface area contributed by atoms with Gasteiger partial charge in [-0.05, 0) is 11.6 Å². The molecule has 0 saturated carbocycles. The Hall–Kier alpha value is -1.38. The highest BCUT2D eigenvalue weighted by molar-refractivity contribution is 7.98. The zero-order valence-electron chi connectivity index (χ0n) is 7.16. The van der Waals surface area contributed by atoms with Gasteiger partial charge in [-0.2, -0.15) is 5.26 Å². The number of benzene rings is 1. The molecule has 0 heterocycles. The first kappa shape index (κ1) is 9.71. The molecule has 0 radical (unpaired) electrons. The number of nitrogens with zero attached hydrogens (tertiary/aromatic N) is 1. The van der Waals surface area contributed by atoms with Gasteiger partial charge in [0, 0.05) is 5.75 Å². The first-order valence-electron chi connectivity index (χ1n) is 3.87. The third-order valence-corrected chi connectivity index (χ3v) is 2.47. The van der Waals surface area contributed by atoms with Crippen LogP contribution in [0.25, 0.3) is 0 Å². The molecule has 0 aromatic heterocycles. The summed E-state index contributed by atoms with van der Waals surface area (Å²) >= 11 is 1.65. The lowest BCUT2D eigenvalue weighted by molar-refractivity contribution is 1.36. The number of thioether (sulfide) groups is 1. The van der Waals surface area contributed by atoms with Crippen molar-refractivity contribution in [2.45, 2.75) is 5.75 Å². The Balaban J connectivity index is 2.67. The van der Waals surface area contributed by atoms with E-state index in [4.69, 9.17) is 11.7 Å². The van der Waals surface area contributed by atoms with Crippen molar-refractivity contribution in [2.75, 3.05) is 5.75 Å². The van der Waals surface area contributed by atoms with Crippen LogP contribution in [0.3, 0.4) is 0 Å². The fourth-order valence-electron chi connectivity index (χ4n) is 0.975. The number of hydrogen-bond acceptors (Lipinski definition) is 2. The van der Waals surface area contributed by atoms with Gasteiger partial charge in [-0.25, -0.2) is 0 Å². The number of nitriles is 1. The normalized spacial score (nSPS) is 8.77. The molecule has 1 nitrogen and oxygen atoms in total. The molecule has 0 amide bonds. The number of rotatable bonds is 3. The smallest absolute Gasteiger partial charge is 0.0994 e. The van der Waals surface area contributed by atoms with E-state index in [2.05, 4.69) is 12.0 Å².